The largest absolute Gasteiger partial charge is 0.494 e. The zero-order chi connectivity index (χ0) is 14.7. The molecule has 106 valence electrons. The molecule has 0 aliphatic carbocycles. The molecule has 0 aromatic heterocycles. The van der Waals surface area contributed by atoms with Crippen molar-refractivity contribution < 1.29 is 9.13 Å². The van der Waals surface area contributed by atoms with Crippen LogP contribution in [0.1, 0.15) is 17.2 Å². The second-order valence-corrected chi connectivity index (χ2v) is 6.18. The molecule has 0 aliphatic heterocycles. The van der Waals surface area contributed by atoms with Gasteiger partial charge >= 0.3 is 0 Å². The highest BCUT2D eigenvalue weighted by Crippen LogP contribution is 2.29. The molecule has 0 radical (unpaired) electrons. The van der Waals surface area contributed by atoms with Gasteiger partial charge in [0.15, 0.2) is 11.6 Å². The van der Waals surface area contributed by atoms with E-state index in [1.165, 1.54) is 7.11 Å². The van der Waals surface area contributed by atoms with Crippen LogP contribution in [0.15, 0.2) is 45.3 Å². The molecular formula is C15H14Br2FNO. The summed E-state index contributed by atoms with van der Waals surface area (Å²) in [6.45, 7) is 0. The third-order valence-electron chi connectivity index (χ3n) is 3.06. The average Bonchev–Trinajstić information content (AvgIpc) is 2.43. The van der Waals surface area contributed by atoms with Crippen LogP contribution in [0.4, 0.5) is 4.39 Å². The quantitative estimate of drug-likeness (QED) is 0.810. The molecule has 0 bridgehead atoms. The summed E-state index contributed by atoms with van der Waals surface area (Å²) in [5, 5.41) is 0. The van der Waals surface area contributed by atoms with Crippen molar-refractivity contribution >= 4 is 31.9 Å². The molecule has 1 unspecified atom stereocenters. The van der Waals surface area contributed by atoms with Crippen molar-refractivity contribution in [2.45, 2.75) is 12.5 Å². The summed E-state index contributed by atoms with van der Waals surface area (Å²) < 4.78 is 21.0. The number of nitrogens with two attached hydrogens (primary N) is 1. The molecule has 2 N–H and O–H groups in total. The van der Waals surface area contributed by atoms with Gasteiger partial charge in [0.05, 0.1) is 7.11 Å². The van der Waals surface area contributed by atoms with E-state index < -0.39 is 0 Å². The number of ether oxygens (including phenoxy) is 1. The van der Waals surface area contributed by atoms with Crippen LogP contribution in [0.2, 0.25) is 0 Å². The highest BCUT2D eigenvalue weighted by Gasteiger charge is 2.15. The van der Waals surface area contributed by atoms with Gasteiger partial charge in [-0.2, -0.15) is 0 Å². The van der Waals surface area contributed by atoms with E-state index in [1.54, 1.807) is 18.2 Å². The molecule has 0 aliphatic rings. The van der Waals surface area contributed by atoms with Crippen molar-refractivity contribution in [3.8, 4) is 5.75 Å². The van der Waals surface area contributed by atoms with E-state index >= 15 is 0 Å². The van der Waals surface area contributed by atoms with Gasteiger partial charge in [0.2, 0.25) is 0 Å². The summed E-state index contributed by atoms with van der Waals surface area (Å²) in [5.74, 6) is -0.112. The van der Waals surface area contributed by atoms with E-state index in [9.17, 15) is 4.39 Å². The second kappa shape index (κ2) is 6.70. The highest BCUT2D eigenvalue weighted by atomic mass is 79.9. The molecule has 0 spiro atoms. The second-order valence-electron chi connectivity index (χ2n) is 4.41. The summed E-state index contributed by atoms with van der Waals surface area (Å²) >= 11 is 6.89. The highest BCUT2D eigenvalue weighted by molar-refractivity contribution is 9.11. The molecule has 2 nitrogen and oxygen atoms in total. The first kappa shape index (κ1) is 15.5. The van der Waals surface area contributed by atoms with Gasteiger partial charge < -0.3 is 10.5 Å². The molecule has 0 saturated heterocycles. The van der Waals surface area contributed by atoms with Crippen LogP contribution >= 0.6 is 31.9 Å². The minimum Gasteiger partial charge on any atom is -0.494 e. The Labute approximate surface area is 134 Å². The molecule has 5 heteroatoms. The Balaban J connectivity index is 2.28. The van der Waals surface area contributed by atoms with Crippen molar-refractivity contribution in [2.75, 3.05) is 7.11 Å². The van der Waals surface area contributed by atoms with Gasteiger partial charge in [-0.25, -0.2) is 4.39 Å². The average molecular weight is 403 g/mol. The maximum atomic E-state index is 14.1. The number of hydrogen-bond acceptors (Lipinski definition) is 2. The Bertz CT molecular complexity index is 619. The number of methoxy groups -OCH3 is 1. The van der Waals surface area contributed by atoms with Crippen LogP contribution in [-0.4, -0.2) is 7.11 Å². The van der Waals surface area contributed by atoms with Crippen molar-refractivity contribution in [2.24, 2.45) is 5.73 Å². The minimum absolute atomic E-state index is 0.239. The van der Waals surface area contributed by atoms with E-state index in [2.05, 4.69) is 31.9 Å². The Kier molecular flexibility index (Phi) is 5.18. The predicted molar refractivity (Wildman–Crippen MR) is 85.4 cm³/mol. The molecule has 0 saturated carbocycles. The van der Waals surface area contributed by atoms with Crippen molar-refractivity contribution in [1.29, 1.82) is 0 Å². The maximum Gasteiger partial charge on any atom is 0.168 e. The summed E-state index contributed by atoms with van der Waals surface area (Å²) in [6, 6.07) is 10.6. The predicted octanol–water partition coefficient (Wildman–Crippen LogP) is 4.60. The molecule has 0 fully saturated rings. The van der Waals surface area contributed by atoms with Gasteiger partial charge in [0.1, 0.15) is 0 Å². The Morgan fingerprint density at radius 2 is 2.00 bits per heavy atom. The third-order valence-corrected chi connectivity index (χ3v) is 4.28. The maximum absolute atomic E-state index is 14.1. The standard InChI is InChI=1S/C15H14Br2FNO/c1-20-14-4-2-3-9(15(14)18)7-13(19)11-8-10(16)5-6-12(11)17/h2-6,8,13H,7,19H2,1H3. The van der Waals surface area contributed by atoms with Crippen LogP contribution < -0.4 is 10.5 Å². The van der Waals surface area contributed by atoms with Gasteiger partial charge in [-0.3, -0.25) is 0 Å². The SMILES string of the molecule is COc1cccc(CC(N)c2cc(Br)ccc2Br)c1F. The van der Waals surface area contributed by atoms with Crippen molar-refractivity contribution in [1.82, 2.24) is 0 Å². The number of rotatable bonds is 4. The molecule has 0 heterocycles. The summed E-state index contributed by atoms with van der Waals surface area (Å²) in [4.78, 5) is 0. The smallest absolute Gasteiger partial charge is 0.168 e. The fraction of sp³-hybridized carbons (Fsp3) is 0.200. The fourth-order valence-corrected chi connectivity index (χ4v) is 2.94. The van der Waals surface area contributed by atoms with E-state index in [-0.39, 0.29) is 17.6 Å². The lowest BCUT2D eigenvalue weighted by Gasteiger charge is -2.15. The summed E-state index contributed by atoms with van der Waals surface area (Å²) in [7, 11) is 1.45. The topological polar surface area (TPSA) is 35.2 Å². The Hall–Kier alpha value is -0.910. The molecular weight excluding hydrogens is 389 g/mol. The van der Waals surface area contributed by atoms with Crippen molar-refractivity contribution in [3.63, 3.8) is 0 Å². The lowest BCUT2D eigenvalue weighted by Crippen LogP contribution is -2.15. The molecule has 20 heavy (non-hydrogen) atoms. The monoisotopic (exact) mass is 401 g/mol. The first-order valence-corrected chi connectivity index (χ1v) is 7.63. The van der Waals surface area contributed by atoms with Crippen LogP contribution in [0.3, 0.4) is 0 Å². The van der Waals surface area contributed by atoms with Crippen LogP contribution in [0, 0.1) is 5.82 Å². The summed E-state index contributed by atoms with van der Waals surface area (Å²) in [5.41, 5.74) is 7.68. The molecule has 2 rings (SSSR count). The number of hydrogen-bond donors (Lipinski definition) is 1. The number of benzene rings is 2. The van der Waals surface area contributed by atoms with Crippen LogP contribution in [0.25, 0.3) is 0 Å². The zero-order valence-electron chi connectivity index (χ0n) is 10.9. The van der Waals surface area contributed by atoms with E-state index in [4.69, 9.17) is 10.5 Å². The molecule has 1 atom stereocenters. The normalized spacial score (nSPS) is 12.2. The lowest BCUT2D eigenvalue weighted by molar-refractivity contribution is 0.383. The van der Waals surface area contributed by atoms with Gasteiger partial charge in [-0.15, -0.1) is 0 Å². The minimum atomic E-state index is -0.350. The van der Waals surface area contributed by atoms with E-state index in [0.29, 0.717) is 12.0 Å². The van der Waals surface area contributed by atoms with E-state index in [0.717, 1.165) is 14.5 Å². The molecule has 0 amide bonds. The lowest BCUT2D eigenvalue weighted by atomic mass is 9.99. The van der Waals surface area contributed by atoms with E-state index in [1.807, 2.05) is 18.2 Å². The van der Waals surface area contributed by atoms with Gasteiger partial charge in [0.25, 0.3) is 0 Å². The fourth-order valence-electron chi connectivity index (χ4n) is 2.02. The zero-order valence-corrected chi connectivity index (χ0v) is 14.0. The van der Waals surface area contributed by atoms with Crippen molar-refractivity contribution in [3.05, 3.63) is 62.3 Å². The van der Waals surface area contributed by atoms with Gasteiger partial charge in [-0.1, -0.05) is 44.0 Å². The first-order valence-electron chi connectivity index (χ1n) is 6.05. The number of halogens is 3. The van der Waals surface area contributed by atoms with Crippen LogP contribution in [-0.2, 0) is 6.42 Å². The van der Waals surface area contributed by atoms with Crippen LogP contribution in [0.5, 0.6) is 5.75 Å². The Morgan fingerprint density at radius 3 is 2.70 bits per heavy atom. The summed E-state index contributed by atoms with van der Waals surface area (Å²) in [6.07, 6.45) is 0.401. The molecule has 2 aromatic carbocycles. The third kappa shape index (κ3) is 3.40. The first-order chi connectivity index (χ1) is 9.52. The molecule has 2 aromatic rings. The Morgan fingerprint density at radius 1 is 1.25 bits per heavy atom. The van der Waals surface area contributed by atoms with Gasteiger partial charge in [-0.05, 0) is 41.8 Å². The van der Waals surface area contributed by atoms with Gasteiger partial charge in [0, 0.05) is 15.0 Å².